The molecule has 0 aliphatic heterocycles. The minimum Gasteiger partial charge on any atom is -0.397 e. The Bertz CT molecular complexity index is 1740. The van der Waals surface area contributed by atoms with Crippen LogP contribution in [0, 0.1) is 5.92 Å². The highest BCUT2D eigenvalue weighted by molar-refractivity contribution is 7.16. The number of hydrogen-bond donors (Lipinski definition) is 3. The lowest BCUT2D eigenvalue weighted by Crippen LogP contribution is -2.20. The van der Waals surface area contributed by atoms with Crippen molar-refractivity contribution in [1.82, 2.24) is 25.3 Å². The van der Waals surface area contributed by atoms with Gasteiger partial charge in [0.2, 0.25) is 0 Å². The van der Waals surface area contributed by atoms with Gasteiger partial charge in [-0.25, -0.2) is 4.98 Å². The Morgan fingerprint density at radius 3 is 2.60 bits per heavy atom. The molecule has 4 N–H and O–H groups in total. The number of nitrogens with zero attached hydrogens (tertiary/aromatic N) is 3. The number of pyridine rings is 2. The van der Waals surface area contributed by atoms with E-state index >= 15 is 0 Å². The fourth-order valence-corrected chi connectivity index (χ4v) is 6.25. The lowest BCUT2D eigenvalue weighted by Gasteiger charge is -2.25. The van der Waals surface area contributed by atoms with E-state index in [9.17, 15) is 0 Å². The number of imidazole rings is 1. The summed E-state index contributed by atoms with van der Waals surface area (Å²) in [5, 5.41) is 3.50. The summed E-state index contributed by atoms with van der Waals surface area (Å²) in [6, 6.07) is 8.02. The van der Waals surface area contributed by atoms with Crippen LogP contribution in [0.15, 0.2) is 92.6 Å². The summed E-state index contributed by atoms with van der Waals surface area (Å²) in [6.45, 7) is 20.8. The van der Waals surface area contributed by atoms with Gasteiger partial charge in [-0.2, -0.15) is 0 Å². The molecular weight excluding hydrogens is 536 g/mol. The van der Waals surface area contributed by atoms with E-state index in [1.165, 1.54) is 32.1 Å². The van der Waals surface area contributed by atoms with Gasteiger partial charge in [0.25, 0.3) is 0 Å². The number of aromatic amines is 1. The maximum Gasteiger partial charge on any atom is 0.138 e. The lowest BCUT2D eigenvalue weighted by molar-refractivity contribution is 0.393. The lowest BCUT2D eigenvalue weighted by atomic mass is 9.87. The van der Waals surface area contributed by atoms with Crippen LogP contribution in [0.25, 0.3) is 38.3 Å². The molecule has 1 aliphatic carbocycles. The quantitative estimate of drug-likeness (QED) is 0.164. The second-order valence-electron chi connectivity index (χ2n) is 10.8. The van der Waals surface area contributed by atoms with Gasteiger partial charge in [0.15, 0.2) is 0 Å². The molecule has 0 atom stereocenters. The zero-order chi connectivity index (χ0) is 29.8. The molecule has 1 saturated carbocycles. The molecule has 1 aliphatic rings. The Labute approximate surface area is 252 Å². The molecule has 42 heavy (non-hydrogen) atoms. The number of nitrogen functional groups attached to an aromatic ring is 1. The van der Waals surface area contributed by atoms with Gasteiger partial charge in [-0.15, -0.1) is 11.3 Å². The second kappa shape index (κ2) is 12.6. The number of fused-ring (bicyclic) bond motifs is 1. The van der Waals surface area contributed by atoms with E-state index in [4.69, 9.17) is 10.7 Å². The van der Waals surface area contributed by atoms with E-state index in [1.807, 2.05) is 44.2 Å². The van der Waals surface area contributed by atoms with Crippen LogP contribution in [0.3, 0.4) is 0 Å². The molecular formula is C35H38N6S. The van der Waals surface area contributed by atoms with E-state index in [-0.39, 0.29) is 0 Å². The monoisotopic (exact) mass is 574 g/mol. The van der Waals surface area contributed by atoms with Crippen LogP contribution < -0.4 is 11.1 Å². The number of allylic oxidation sites excluding steroid dienone is 6. The van der Waals surface area contributed by atoms with E-state index in [2.05, 4.69) is 58.7 Å². The van der Waals surface area contributed by atoms with Crippen LogP contribution in [-0.4, -0.2) is 19.9 Å². The average molecular weight is 575 g/mol. The highest BCUT2D eigenvalue weighted by atomic mass is 32.1. The smallest absolute Gasteiger partial charge is 0.138 e. The van der Waals surface area contributed by atoms with Crippen LogP contribution in [0.5, 0.6) is 0 Å². The molecule has 5 rings (SSSR count). The standard InChI is InChI=1S/C35H38N6S/c1-7-24(18-26(8-2)39-23(6)25-12-10-9-11-13-25)30-19-27(28(36)20-38-30)22(5)35-40-29-16-17-37-34(33(29)41-35)32-15-14-31(42-32)21(3)4/h7-8,14-20,25,39H,2-3,5-6,9-13,36H2,1,4H3,(H,40,41)/b24-7+,26-18+. The summed E-state index contributed by atoms with van der Waals surface area (Å²) >= 11 is 1.66. The van der Waals surface area contributed by atoms with Gasteiger partial charge >= 0.3 is 0 Å². The fraction of sp³-hybridized carbons (Fsp3) is 0.229. The molecule has 0 aromatic carbocycles. The number of anilines is 1. The maximum atomic E-state index is 6.43. The molecule has 7 heteroatoms. The third-order valence-electron chi connectivity index (χ3n) is 7.75. The molecule has 0 unspecified atom stereocenters. The molecule has 4 aromatic rings. The molecule has 0 amide bonds. The van der Waals surface area contributed by atoms with Crippen molar-refractivity contribution in [1.29, 1.82) is 0 Å². The third-order valence-corrected chi connectivity index (χ3v) is 9.00. The number of nitrogens with two attached hydrogens (primary N) is 1. The summed E-state index contributed by atoms with van der Waals surface area (Å²) in [4.78, 5) is 19.8. The predicted molar refractivity (Wildman–Crippen MR) is 179 cm³/mol. The molecule has 0 radical (unpaired) electrons. The Hall–Kier alpha value is -4.49. The number of hydrogen-bond acceptors (Lipinski definition) is 6. The van der Waals surface area contributed by atoms with Crippen molar-refractivity contribution in [3.8, 4) is 10.6 Å². The molecule has 4 heterocycles. The molecule has 4 aromatic heterocycles. The zero-order valence-corrected chi connectivity index (χ0v) is 25.3. The van der Waals surface area contributed by atoms with Crippen molar-refractivity contribution >= 4 is 44.8 Å². The molecule has 1 fully saturated rings. The summed E-state index contributed by atoms with van der Waals surface area (Å²) in [5.74, 6) is 1.13. The first-order valence-electron chi connectivity index (χ1n) is 14.3. The highest BCUT2D eigenvalue weighted by Crippen LogP contribution is 2.35. The number of H-pyrrole nitrogens is 1. The van der Waals surface area contributed by atoms with Gasteiger partial charge < -0.3 is 16.0 Å². The summed E-state index contributed by atoms with van der Waals surface area (Å²) in [5.41, 5.74) is 15.6. The largest absolute Gasteiger partial charge is 0.397 e. The van der Waals surface area contributed by atoms with Crippen LogP contribution in [0.4, 0.5) is 5.69 Å². The van der Waals surface area contributed by atoms with Gasteiger partial charge in [-0.05, 0) is 80.2 Å². The number of nitrogens with one attached hydrogen (secondary N) is 2. The third kappa shape index (κ3) is 6.06. The Kier molecular flexibility index (Phi) is 8.69. The SMILES string of the molecule is C=C/C(=C\C(=C/C)c1cc(C(=C)c2nc3c(-c4ccc(C(=C)C)s4)nccc3[nH]2)c(N)cn1)NC(=C)C1CCCCC1. The first-order valence-corrected chi connectivity index (χ1v) is 15.1. The van der Waals surface area contributed by atoms with Crippen LogP contribution in [-0.2, 0) is 0 Å². The Balaban J connectivity index is 1.43. The second-order valence-corrected chi connectivity index (χ2v) is 11.8. The zero-order valence-electron chi connectivity index (χ0n) is 24.5. The maximum absolute atomic E-state index is 6.43. The van der Waals surface area contributed by atoms with Gasteiger partial charge in [-0.1, -0.05) is 51.7 Å². The van der Waals surface area contributed by atoms with Crippen LogP contribution >= 0.6 is 11.3 Å². The van der Waals surface area contributed by atoms with Crippen molar-refractivity contribution in [2.75, 3.05) is 5.73 Å². The molecule has 0 saturated heterocycles. The van der Waals surface area contributed by atoms with Gasteiger partial charge in [-0.3, -0.25) is 9.97 Å². The van der Waals surface area contributed by atoms with Gasteiger partial charge in [0, 0.05) is 33.6 Å². The Morgan fingerprint density at radius 1 is 1.12 bits per heavy atom. The van der Waals surface area contributed by atoms with E-state index in [0.29, 0.717) is 23.0 Å². The van der Waals surface area contributed by atoms with E-state index < -0.39 is 0 Å². The molecule has 6 nitrogen and oxygen atoms in total. The van der Waals surface area contributed by atoms with E-state index in [1.54, 1.807) is 23.7 Å². The van der Waals surface area contributed by atoms with Gasteiger partial charge in [0.1, 0.15) is 17.0 Å². The van der Waals surface area contributed by atoms with E-state index in [0.717, 1.165) is 60.3 Å². The van der Waals surface area contributed by atoms with Crippen molar-refractivity contribution in [3.05, 3.63) is 115 Å². The minimum atomic E-state index is 0.494. The Morgan fingerprint density at radius 2 is 1.90 bits per heavy atom. The van der Waals surface area contributed by atoms with Crippen molar-refractivity contribution in [2.45, 2.75) is 46.0 Å². The van der Waals surface area contributed by atoms with Crippen molar-refractivity contribution in [2.24, 2.45) is 5.92 Å². The normalized spacial score (nSPS) is 14.6. The van der Waals surface area contributed by atoms with Crippen LogP contribution in [0.1, 0.15) is 67.9 Å². The number of rotatable bonds is 10. The highest BCUT2D eigenvalue weighted by Gasteiger charge is 2.19. The number of thiophene rings is 1. The van der Waals surface area contributed by atoms with Crippen molar-refractivity contribution < 1.29 is 0 Å². The fourth-order valence-electron chi connectivity index (χ4n) is 5.32. The minimum absolute atomic E-state index is 0.494. The van der Waals surface area contributed by atoms with Crippen molar-refractivity contribution in [3.63, 3.8) is 0 Å². The predicted octanol–water partition coefficient (Wildman–Crippen LogP) is 8.92. The first-order chi connectivity index (χ1) is 20.3. The summed E-state index contributed by atoms with van der Waals surface area (Å²) in [6.07, 6.45) is 15.5. The molecule has 214 valence electrons. The topological polar surface area (TPSA) is 92.5 Å². The molecule has 0 spiro atoms. The van der Waals surface area contributed by atoms with Gasteiger partial charge in [0.05, 0.1) is 28.0 Å². The van der Waals surface area contributed by atoms with Crippen LogP contribution in [0.2, 0.25) is 0 Å². The molecule has 0 bridgehead atoms. The number of aromatic nitrogens is 4. The summed E-state index contributed by atoms with van der Waals surface area (Å²) in [7, 11) is 0. The average Bonchev–Trinajstić information content (AvgIpc) is 3.68. The first kappa shape index (κ1) is 29.0. The summed E-state index contributed by atoms with van der Waals surface area (Å²) < 4.78 is 0.